The Balaban J connectivity index is 1.47. The fourth-order valence-electron chi connectivity index (χ4n) is 3.01. The SMILES string of the molecule is CS(=O)(=O)Nc1ccc(OC2CCN(C(=O)Cc3ccc(F)cc3)CC2)nc1. The van der Waals surface area contributed by atoms with Crippen LogP contribution in [0.4, 0.5) is 10.1 Å². The molecule has 1 aromatic heterocycles. The lowest BCUT2D eigenvalue weighted by atomic mass is 10.1. The van der Waals surface area contributed by atoms with E-state index in [9.17, 15) is 17.6 Å². The van der Waals surface area contributed by atoms with Crippen molar-refractivity contribution in [2.45, 2.75) is 25.4 Å². The zero-order chi connectivity index (χ0) is 20.1. The highest BCUT2D eigenvalue weighted by Gasteiger charge is 2.24. The van der Waals surface area contributed by atoms with Gasteiger partial charge in [-0.25, -0.2) is 17.8 Å². The standard InChI is InChI=1S/C19H22FN3O4S/c1-28(25,26)22-16-6-7-18(21-13-16)27-17-8-10-23(11-9-17)19(24)12-14-2-4-15(20)5-3-14/h2-7,13,17,22H,8-12H2,1H3. The van der Waals surface area contributed by atoms with Crippen LogP contribution in [0, 0.1) is 5.82 Å². The lowest BCUT2D eigenvalue weighted by molar-refractivity contribution is -0.132. The van der Waals surface area contributed by atoms with Crippen LogP contribution in [0.5, 0.6) is 5.88 Å². The van der Waals surface area contributed by atoms with E-state index in [1.165, 1.54) is 18.3 Å². The van der Waals surface area contributed by atoms with Crippen LogP contribution in [0.2, 0.25) is 0 Å². The van der Waals surface area contributed by atoms with Gasteiger partial charge in [0.1, 0.15) is 11.9 Å². The van der Waals surface area contributed by atoms with Crippen molar-refractivity contribution in [1.29, 1.82) is 0 Å². The van der Waals surface area contributed by atoms with E-state index < -0.39 is 10.0 Å². The Morgan fingerprint density at radius 2 is 1.89 bits per heavy atom. The number of benzene rings is 1. The molecule has 1 saturated heterocycles. The maximum atomic E-state index is 13.0. The van der Waals surface area contributed by atoms with Crippen LogP contribution in [0.15, 0.2) is 42.6 Å². The predicted octanol–water partition coefficient (Wildman–Crippen LogP) is 2.20. The molecular weight excluding hydrogens is 385 g/mol. The van der Waals surface area contributed by atoms with Crippen molar-refractivity contribution in [3.63, 3.8) is 0 Å². The van der Waals surface area contributed by atoms with E-state index in [1.807, 2.05) is 0 Å². The summed E-state index contributed by atoms with van der Waals surface area (Å²) in [5, 5.41) is 0. The summed E-state index contributed by atoms with van der Waals surface area (Å²) in [6.45, 7) is 1.16. The third-order valence-electron chi connectivity index (χ3n) is 4.39. The van der Waals surface area contributed by atoms with Crippen molar-refractivity contribution in [3.05, 3.63) is 54.0 Å². The number of pyridine rings is 1. The van der Waals surface area contributed by atoms with Crippen molar-refractivity contribution in [2.24, 2.45) is 0 Å². The van der Waals surface area contributed by atoms with Crippen molar-refractivity contribution < 1.29 is 22.3 Å². The highest BCUT2D eigenvalue weighted by molar-refractivity contribution is 7.92. The van der Waals surface area contributed by atoms with Crippen molar-refractivity contribution in [3.8, 4) is 5.88 Å². The highest BCUT2D eigenvalue weighted by Crippen LogP contribution is 2.19. The number of hydrogen-bond donors (Lipinski definition) is 1. The van der Waals surface area contributed by atoms with Crippen LogP contribution in [0.1, 0.15) is 18.4 Å². The molecule has 0 bridgehead atoms. The van der Waals surface area contributed by atoms with Crippen LogP contribution in [-0.4, -0.2) is 49.7 Å². The number of piperidine rings is 1. The van der Waals surface area contributed by atoms with E-state index in [-0.39, 0.29) is 24.2 Å². The largest absolute Gasteiger partial charge is 0.474 e. The van der Waals surface area contributed by atoms with E-state index in [4.69, 9.17) is 4.74 Å². The van der Waals surface area contributed by atoms with E-state index in [1.54, 1.807) is 29.2 Å². The molecule has 1 N–H and O–H groups in total. The summed E-state index contributed by atoms with van der Waals surface area (Å²) in [5.74, 6) is 0.109. The molecule has 7 nitrogen and oxygen atoms in total. The number of anilines is 1. The molecule has 0 atom stereocenters. The van der Waals surface area contributed by atoms with Crippen LogP contribution < -0.4 is 9.46 Å². The second-order valence-corrected chi connectivity index (χ2v) is 8.51. The topological polar surface area (TPSA) is 88.6 Å². The van der Waals surface area contributed by atoms with Gasteiger partial charge in [-0.15, -0.1) is 0 Å². The Labute approximate surface area is 163 Å². The number of carbonyl (C=O) groups excluding carboxylic acids is 1. The number of rotatable bonds is 6. The number of carbonyl (C=O) groups is 1. The average molecular weight is 407 g/mol. The molecule has 1 aliphatic rings. The van der Waals surface area contributed by atoms with Gasteiger partial charge in [-0.2, -0.15) is 0 Å². The molecule has 2 aromatic rings. The van der Waals surface area contributed by atoms with Crippen LogP contribution in [0.3, 0.4) is 0 Å². The third kappa shape index (κ3) is 5.91. The molecule has 1 aliphatic heterocycles. The molecule has 0 radical (unpaired) electrons. The first-order chi connectivity index (χ1) is 13.3. The first kappa shape index (κ1) is 20.1. The maximum Gasteiger partial charge on any atom is 0.229 e. The van der Waals surface area contributed by atoms with Gasteiger partial charge in [0.25, 0.3) is 0 Å². The Bertz CT molecular complexity index is 909. The van der Waals surface area contributed by atoms with E-state index in [0.717, 1.165) is 11.8 Å². The fourth-order valence-corrected chi connectivity index (χ4v) is 3.56. The van der Waals surface area contributed by atoms with Gasteiger partial charge in [-0.05, 0) is 23.8 Å². The molecule has 2 heterocycles. The smallest absolute Gasteiger partial charge is 0.229 e. The second kappa shape index (κ2) is 8.55. The monoisotopic (exact) mass is 407 g/mol. The molecule has 3 rings (SSSR count). The number of amides is 1. The Hall–Kier alpha value is -2.68. The minimum atomic E-state index is -3.34. The van der Waals surface area contributed by atoms with Crippen molar-refractivity contribution >= 4 is 21.6 Å². The van der Waals surface area contributed by atoms with Gasteiger partial charge in [0.2, 0.25) is 21.8 Å². The Morgan fingerprint density at radius 1 is 1.21 bits per heavy atom. The first-order valence-corrected chi connectivity index (χ1v) is 10.8. The summed E-state index contributed by atoms with van der Waals surface area (Å²) in [5.41, 5.74) is 1.16. The van der Waals surface area contributed by atoms with Gasteiger partial charge in [0, 0.05) is 32.0 Å². The number of hydrogen-bond acceptors (Lipinski definition) is 5. The number of nitrogens with zero attached hydrogens (tertiary/aromatic N) is 2. The number of aromatic nitrogens is 1. The molecule has 28 heavy (non-hydrogen) atoms. The van der Waals surface area contributed by atoms with Gasteiger partial charge in [-0.3, -0.25) is 9.52 Å². The molecule has 1 fully saturated rings. The molecule has 1 amide bonds. The highest BCUT2D eigenvalue weighted by atomic mass is 32.2. The van der Waals surface area contributed by atoms with Crippen molar-refractivity contribution in [1.82, 2.24) is 9.88 Å². The number of nitrogens with one attached hydrogen (secondary N) is 1. The van der Waals surface area contributed by atoms with Crippen LogP contribution >= 0.6 is 0 Å². The number of sulfonamides is 1. The van der Waals surface area contributed by atoms with Gasteiger partial charge in [-0.1, -0.05) is 12.1 Å². The lowest BCUT2D eigenvalue weighted by Crippen LogP contribution is -2.42. The predicted molar refractivity (Wildman–Crippen MR) is 103 cm³/mol. The minimum absolute atomic E-state index is 0.0133. The molecule has 0 spiro atoms. The van der Waals surface area contributed by atoms with Gasteiger partial charge >= 0.3 is 0 Å². The number of halogens is 1. The first-order valence-electron chi connectivity index (χ1n) is 8.91. The summed E-state index contributed by atoms with van der Waals surface area (Å²) in [7, 11) is -3.34. The van der Waals surface area contributed by atoms with E-state index >= 15 is 0 Å². The zero-order valence-electron chi connectivity index (χ0n) is 15.5. The van der Waals surface area contributed by atoms with Crippen LogP contribution in [0.25, 0.3) is 0 Å². The van der Waals surface area contributed by atoms with Gasteiger partial charge in [0.05, 0.1) is 24.6 Å². The quantitative estimate of drug-likeness (QED) is 0.793. The third-order valence-corrected chi connectivity index (χ3v) is 5.00. The Kier molecular flexibility index (Phi) is 6.13. The fraction of sp³-hybridized carbons (Fsp3) is 0.368. The van der Waals surface area contributed by atoms with Gasteiger partial charge < -0.3 is 9.64 Å². The van der Waals surface area contributed by atoms with E-state index in [2.05, 4.69) is 9.71 Å². The number of likely N-dealkylation sites (tertiary alicyclic amines) is 1. The van der Waals surface area contributed by atoms with Gasteiger partial charge in [0.15, 0.2) is 0 Å². The number of ether oxygens (including phenoxy) is 1. The summed E-state index contributed by atoms with van der Waals surface area (Å²) >= 11 is 0. The summed E-state index contributed by atoms with van der Waals surface area (Å²) in [6, 6.07) is 9.15. The summed E-state index contributed by atoms with van der Waals surface area (Å²) in [6.07, 6.45) is 4.03. The molecule has 0 unspecified atom stereocenters. The second-order valence-electron chi connectivity index (χ2n) is 6.76. The lowest BCUT2D eigenvalue weighted by Gasteiger charge is -2.32. The normalized spacial score (nSPS) is 15.3. The molecule has 9 heteroatoms. The van der Waals surface area contributed by atoms with Crippen molar-refractivity contribution in [2.75, 3.05) is 24.1 Å². The zero-order valence-corrected chi connectivity index (χ0v) is 16.3. The molecular formula is C19H22FN3O4S. The maximum absolute atomic E-state index is 13.0. The van der Waals surface area contributed by atoms with E-state index in [0.29, 0.717) is 37.5 Å². The average Bonchev–Trinajstić information content (AvgIpc) is 2.65. The molecule has 1 aromatic carbocycles. The molecule has 0 aliphatic carbocycles. The summed E-state index contributed by atoms with van der Waals surface area (Å²) in [4.78, 5) is 18.3. The molecule has 0 saturated carbocycles. The summed E-state index contributed by atoms with van der Waals surface area (Å²) < 4.78 is 43.5. The van der Waals surface area contributed by atoms with Crippen LogP contribution in [-0.2, 0) is 21.2 Å². The Morgan fingerprint density at radius 3 is 2.46 bits per heavy atom. The minimum Gasteiger partial charge on any atom is -0.474 e. The molecule has 150 valence electrons.